The fourth-order valence-electron chi connectivity index (χ4n) is 5.73. The lowest BCUT2D eigenvalue weighted by Crippen LogP contribution is -2.29. The number of carbonyl (C=O) groups is 2. The molecule has 0 heterocycles. The maximum Gasteiger partial charge on any atom is 0.472 e. The Morgan fingerprint density at radius 2 is 1.13 bits per heavy atom. The minimum absolute atomic E-state index is 0.000285. The molecule has 60 heavy (non-hydrogen) atoms. The van der Waals surface area contributed by atoms with Gasteiger partial charge < -0.3 is 34.8 Å². The van der Waals surface area contributed by atoms with Gasteiger partial charge in [0.25, 0.3) is 0 Å². The molecular weight excluding hydrogens is 787 g/mol. The molecule has 0 saturated heterocycles. The Hall–Kier alpha value is -2.67. The van der Waals surface area contributed by atoms with E-state index in [1.54, 1.807) is 36.5 Å². The van der Waals surface area contributed by atoms with Crippen molar-refractivity contribution in [3.05, 3.63) is 72.9 Å². The molecule has 0 rings (SSSR count). The molecule has 0 aliphatic heterocycles. The molecule has 5 atom stereocenters. The molecule has 0 aromatic heterocycles. The molecule has 1 unspecified atom stereocenters. The summed E-state index contributed by atoms with van der Waals surface area (Å²) in [6.45, 7) is 4.31. The Morgan fingerprint density at radius 3 is 1.68 bits per heavy atom. The summed E-state index contributed by atoms with van der Waals surface area (Å²) in [7, 11) is -4.67. The number of phosphoric acid groups is 1. The lowest BCUT2D eigenvalue weighted by molar-refractivity contribution is -0.161. The van der Waals surface area contributed by atoms with Crippen molar-refractivity contribution in [2.75, 3.05) is 26.4 Å². The summed E-state index contributed by atoms with van der Waals surface area (Å²) in [5.41, 5.74) is 0. The van der Waals surface area contributed by atoms with Crippen LogP contribution in [-0.4, -0.2) is 88.1 Å². The van der Waals surface area contributed by atoms with Gasteiger partial charge in [-0.15, -0.1) is 0 Å². The van der Waals surface area contributed by atoms with Gasteiger partial charge in [0, 0.05) is 12.8 Å². The summed E-state index contributed by atoms with van der Waals surface area (Å²) in [5.74, 6) is -0.289. The molecule has 0 fully saturated rings. The molecule has 0 aromatic rings. The number of esters is 2. The Balaban J connectivity index is 4.52. The summed E-state index contributed by atoms with van der Waals surface area (Å²) in [4.78, 5) is 35.0. The maximum absolute atomic E-state index is 12.6. The van der Waals surface area contributed by atoms with Crippen LogP contribution in [0.1, 0.15) is 156 Å². The molecule has 346 valence electrons. The average Bonchev–Trinajstić information content (AvgIpc) is 3.21. The Bertz CT molecular complexity index is 1270. The summed E-state index contributed by atoms with van der Waals surface area (Å²) in [6.07, 6.45) is 38.1. The number of aliphatic hydroxyl groups is 4. The number of carbonyl (C=O) groups excluding carboxylic acids is 2. The van der Waals surface area contributed by atoms with Crippen molar-refractivity contribution < 1.29 is 58.0 Å². The summed E-state index contributed by atoms with van der Waals surface area (Å²) < 4.78 is 32.6. The van der Waals surface area contributed by atoms with Gasteiger partial charge in [0.05, 0.1) is 32.0 Å². The smallest absolute Gasteiger partial charge is 0.462 e. The van der Waals surface area contributed by atoms with Crippen molar-refractivity contribution in [1.29, 1.82) is 0 Å². The first kappa shape index (κ1) is 57.3. The van der Waals surface area contributed by atoms with Crippen molar-refractivity contribution in [2.24, 2.45) is 5.92 Å². The number of allylic oxidation sites excluding steroid dienone is 8. The lowest BCUT2D eigenvalue weighted by atomic mass is 10.0. The highest BCUT2D eigenvalue weighted by atomic mass is 31.2. The van der Waals surface area contributed by atoms with Crippen molar-refractivity contribution in [3.63, 3.8) is 0 Å². The lowest BCUT2D eigenvalue weighted by Gasteiger charge is -2.20. The van der Waals surface area contributed by atoms with E-state index in [1.807, 2.05) is 43.4 Å². The molecule has 0 aliphatic rings. The van der Waals surface area contributed by atoms with Crippen LogP contribution in [0.3, 0.4) is 0 Å². The van der Waals surface area contributed by atoms with Gasteiger partial charge in [-0.1, -0.05) is 177 Å². The van der Waals surface area contributed by atoms with Crippen molar-refractivity contribution in [1.82, 2.24) is 0 Å². The molecule has 5 N–H and O–H groups in total. The van der Waals surface area contributed by atoms with Crippen LogP contribution < -0.4 is 0 Å². The van der Waals surface area contributed by atoms with E-state index >= 15 is 0 Å². The third-order valence-corrected chi connectivity index (χ3v) is 10.2. The van der Waals surface area contributed by atoms with E-state index < -0.39 is 64.0 Å². The predicted octanol–water partition coefficient (Wildman–Crippen LogP) is 9.86. The first-order valence-corrected chi connectivity index (χ1v) is 24.0. The SMILES string of the molecule is CC/C=C\C[C@H](O)/C=C/C=C\C=C\[C@H](O)C/C=C\C/C=C\CCC(=O)O[C@H](COC(=O)CCCCCCCCCCCCCCCC(C)C)COP(=O)(O)OC[C@@H](O)CO. The topological polar surface area (TPSA) is 189 Å². The second-order valence-electron chi connectivity index (χ2n) is 15.6. The molecule has 12 nitrogen and oxygen atoms in total. The number of ether oxygens (including phenoxy) is 2. The fourth-order valence-corrected chi connectivity index (χ4v) is 6.52. The van der Waals surface area contributed by atoms with Crippen LogP contribution in [0.15, 0.2) is 72.9 Å². The fraction of sp³-hybridized carbons (Fsp3) is 0.702. The normalized spacial score (nSPS) is 15.6. The molecule has 0 saturated carbocycles. The van der Waals surface area contributed by atoms with Gasteiger partial charge in [-0.05, 0) is 44.4 Å². The van der Waals surface area contributed by atoms with E-state index in [9.17, 15) is 34.4 Å². The molecule has 0 amide bonds. The highest BCUT2D eigenvalue weighted by Gasteiger charge is 2.27. The van der Waals surface area contributed by atoms with Gasteiger partial charge in [0.1, 0.15) is 12.7 Å². The first-order chi connectivity index (χ1) is 28.9. The Kier molecular flexibility index (Phi) is 38.6. The molecule has 13 heteroatoms. The number of aliphatic hydroxyl groups excluding tert-OH is 4. The highest BCUT2D eigenvalue weighted by Crippen LogP contribution is 2.43. The third-order valence-electron chi connectivity index (χ3n) is 9.23. The van der Waals surface area contributed by atoms with E-state index in [4.69, 9.17) is 19.1 Å². The van der Waals surface area contributed by atoms with Gasteiger partial charge in [-0.3, -0.25) is 18.6 Å². The zero-order valence-corrected chi connectivity index (χ0v) is 37.9. The van der Waals surface area contributed by atoms with Crippen LogP contribution in [-0.2, 0) is 32.7 Å². The van der Waals surface area contributed by atoms with Crippen molar-refractivity contribution >= 4 is 19.8 Å². The largest absolute Gasteiger partial charge is 0.472 e. The Labute approximate surface area is 362 Å². The number of hydrogen-bond donors (Lipinski definition) is 5. The minimum Gasteiger partial charge on any atom is -0.462 e. The van der Waals surface area contributed by atoms with Crippen LogP contribution in [0.2, 0.25) is 0 Å². The molecule has 0 aliphatic carbocycles. The number of phosphoric ester groups is 1. The van der Waals surface area contributed by atoms with Gasteiger partial charge in [-0.2, -0.15) is 0 Å². The molecule has 0 aromatic carbocycles. The summed E-state index contributed by atoms with van der Waals surface area (Å²) in [6, 6.07) is 0. The van der Waals surface area contributed by atoms with E-state index in [0.29, 0.717) is 32.1 Å². The predicted molar refractivity (Wildman–Crippen MR) is 240 cm³/mol. The molecule has 0 radical (unpaired) electrons. The Morgan fingerprint density at radius 1 is 0.617 bits per heavy atom. The van der Waals surface area contributed by atoms with Gasteiger partial charge in [0.15, 0.2) is 6.10 Å². The average molecular weight is 869 g/mol. The van der Waals surface area contributed by atoms with Crippen LogP contribution in [0, 0.1) is 5.92 Å². The number of rotatable bonds is 40. The zero-order chi connectivity index (χ0) is 44.5. The van der Waals surface area contributed by atoms with Crippen molar-refractivity contribution in [3.8, 4) is 0 Å². The second kappa shape index (κ2) is 40.4. The van der Waals surface area contributed by atoms with Crippen LogP contribution in [0.25, 0.3) is 0 Å². The molecule has 0 spiro atoms. The standard InChI is InChI=1S/C47H81O12P/c1-4-5-23-31-42(49)33-26-21-22-27-34-43(50)32-25-18-15-16-20-29-36-47(53)59-45(40-58-60(54,55)57-38-44(51)37-48)39-56-46(52)35-28-19-14-12-10-8-6-7-9-11-13-17-24-30-41(2)3/h5,16,18,20-23,25-27,33-34,41-45,48-51H,4,6-15,17,19,24,28-32,35-40H2,1-3H3,(H,54,55)/b20-16-,22-21-,23-5-,25-18-,33-26+,34-27+/t42-,43+,44-,45+/m0/s1. The third kappa shape index (κ3) is 40.7. The first-order valence-electron chi connectivity index (χ1n) is 22.5. The van der Waals surface area contributed by atoms with Gasteiger partial charge >= 0.3 is 19.8 Å². The maximum atomic E-state index is 12.6. The number of unbranched alkanes of at least 4 members (excludes halogenated alkanes) is 12. The van der Waals surface area contributed by atoms with Crippen molar-refractivity contribution in [2.45, 2.75) is 180 Å². The molecular formula is C47H81O12P. The van der Waals surface area contributed by atoms with Gasteiger partial charge in [0.2, 0.25) is 0 Å². The van der Waals surface area contributed by atoms with Gasteiger partial charge in [-0.25, -0.2) is 4.57 Å². The summed E-state index contributed by atoms with van der Waals surface area (Å²) in [5, 5.41) is 38.3. The van der Waals surface area contributed by atoms with Crippen LogP contribution in [0.5, 0.6) is 0 Å². The van der Waals surface area contributed by atoms with Crippen LogP contribution in [0.4, 0.5) is 0 Å². The minimum atomic E-state index is -4.67. The van der Waals surface area contributed by atoms with E-state index in [1.165, 1.54) is 64.2 Å². The van der Waals surface area contributed by atoms with E-state index in [2.05, 4.69) is 18.4 Å². The monoisotopic (exact) mass is 869 g/mol. The zero-order valence-electron chi connectivity index (χ0n) is 37.0. The number of hydrogen-bond acceptors (Lipinski definition) is 11. The second-order valence-corrected chi connectivity index (χ2v) is 17.0. The van der Waals surface area contributed by atoms with E-state index in [-0.39, 0.29) is 19.4 Å². The highest BCUT2D eigenvalue weighted by molar-refractivity contribution is 7.47. The molecule has 0 bridgehead atoms. The van der Waals surface area contributed by atoms with Crippen LogP contribution >= 0.6 is 7.82 Å². The van der Waals surface area contributed by atoms with E-state index in [0.717, 1.165) is 31.6 Å². The summed E-state index contributed by atoms with van der Waals surface area (Å²) >= 11 is 0. The quantitative estimate of drug-likeness (QED) is 0.0129.